The molecule has 0 N–H and O–H groups in total. The van der Waals surface area contributed by atoms with Crippen LogP contribution in [0.5, 0.6) is 0 Å². The molecule has 1 fully saturated rings. The molecule has 29 heavy (non-hydrogen) atoms. The van der Waals surface area contributed by atoms with E-state index in [0.717, 1.165) is 49.3 Å². The van der Waals surface area contributed by atoms with Gasteiger partial charge >= 0.3 is 0 Å². The van der Waals surface area contributed by atoms with Gasteiger partial charge in [-0.05, 0) is 24.6 Å². The fourth-order valence-corrected chi connectivity index (χ4v) is 4.05. The summed E-state index contributed by atoms with van der Waals surface area (Å²) in [4.78, 5) is 21.9. The zero-order valence-electron chi connectivity index (χ0n) is 16.9. The van der Waals surface area contributed by atoms with E-state index in [9.17, 15) is 9.18 Å². The number of carbonyl (C=O) groups excluding carboxylic acids is 1. The summed E-state index contributed by atoms with van der Waals surface area (Å²) in [6.45, 7) is 5.99. The van der Waals surface area contributed by atoms with Crippen LogP contribution in [0.4, 0.5) is 4.39 Å². The number of aryl methyl sites for hydroxylation is 1. The monoisotopic (exact) mass is 394 g/mol. The first-order valence-corrected chi connectivity index (χ1v) is 10.3. The Morgan fingerprint density at radius 3 is 2.66 bits per heavy atom. The van der Waals surface area contributed by atoms with Gasteiger partial charge in [0.15, 0.2) is 0 Å². The zero-order valence-corrected chi connectivity index (χ0v) is 16.9. The molecule has 152 valence electrons. The molecule has 1 amide bonds. The normalized spacial score (nSPS) is 15.6. The largest absolute Gasteiger partial charge is 0.340 e. The van der Waals surface area contributed by atoms with Crippen LogP contribution < -0.4 is 0 Å². The second kappa shape index (κ2) is 8.74. The van der Waals surface area contributed by atoms with Crippen molar-refractivity contribution < 1.29 is 9.18 Å². The SMILES string of the molecule is CCc1nc2ccccc2n1CC(=O)N1CCCN(Cc2ccccc2F)CC1. The van der Waals surface area contributed by atoms with Gasteiger partial charge in [-0.2, -0.15) is 0 Å². The number of para-hydroxylation sites is 2. The van der Waals surface area contributed by atoms with E-state index in [1.54, 1.807) is 6.07 Å². The number of hydrogen-bond acceptors (Lipinski definition) is 3. The number of benzene rings is 2. The van der Waals surface area contributed by atoms with Crippen LogP contribution in [-0.2, 0) is 24.3 Å². The molecule has 0 bridgehead atoms. The van der Waals surface area contributed by atoms with Gasteiger partial charge < -0.3 is 9.47 Å². The van der Waals surface area contributed by atoms with Crippen molar-refractivity contribution in [2.24, 2.45) is 0 Å². The first kappa shape index (κ1) is 19.6. The predicted octanol–water partition coefficient (Wildman–Crippen LogP) is 3.47. The molecular formula is C23H27FN4O. The Morgan fingerprint density at radius 2 is 1.83 bits per heavy atom. The third-order valence-electron chi connectivity index (χ3n) is 5.64. The smallest absolute Gasteiger partial charge is 0.242 e. The summed E-state index contributed by atoms with van der Waals surface area (Å²) >= 11 is 0. The highest BCUT2D eigenvalue weighted by Crippen LogP contribution is 2.18. The number of rotatable bonds is 5. The van der Waals surface area contributed by atoms with Crippen molar-refractivity contribution in [3.63, 3.8) is 0 Å². The van der Waals surface area contributed by atoms with Crippen molar-refractivity contribution in [3.8, 4) is 0 Å². The lowest BCUT2D eigenvalue weighted by Crippen LogP contribution is -2.37. The maximum absolute atomic E-state index is 14.0. The number of nitrogens with zero attached hydrogens (tertiary/aromatic N) is 4. The maximum atomic E-state index is 14.0. The summed E-state index contributed by atoms with van der Waals surface area (Å²) in [5.41, 5.74) is 2.66. The number of carbonyl (C=O) groups is 1. The molecule has 0 spiro atoms. The fourth-order valence-electron chi connectivity index (χ4n) is 4.05. The Morgan fingerprint density at radius 1 is 1.03 bits per heavy atom. The molecule has 0 aliphatic carbocycles. The zero-order chi connectivity index (χ0) is 20.2. The summed E-state index contributed by atoms with van der Waals surface area (Å²) in [7, 11) is 0. The number of aromatic nitrogens is 2. The first-order valence-electron chi connectivity index (χ1n) is 10.3. The number of imidazole rings is 1. The third-order valence-corrected chi connectivity index (χ3v) is 5.64. The minimum absolute atomic E-state index is 0.121. The summed E-state index contributed by atoms with van der Waals surface area (Å²) in [6.07, 6.45) is 1.68. The van der Waals surface area contributed by atoms with Crippen molar-refractivity contribution in [2.75, 3.05) is 26.2 Å². The molecule has 0 saturated carbocycles. The Balaban J connectivity index is 1.42. The summed E-state index contributed by atoms with van der Waals surface area (Å²) < 4.78 is 16.0. The minimum Gasteiger partial charge on any atom is -0.340 e. The Hall–Kier alpha value is -2.73. The molecule has 1 aliphatic rings. The van der Waals surface area contributed by atoms with Crippen molar-refractivity contribution in [2.45, 2.75) is 32.9 Å². The highest BCUT2D eigenvalue weighted by atomic mass is 19.1. The quantitative estimate of drug-likeness (QED) is 0.665. The molecule has 6 heteroatoms. The molecule has 3 aromatic rings. The van der Waals surface area contributed by atoms with Gasteiger partial charge in [-0.3, -0.25) is 9.69 Å². The minimum atomic E-state index is -0.163. The van der Waals surface area contributed by atoms with Crippen molar-refractivity contribution >= 4 is 16.9 Å². The second-order valence-corrected chi connectivity index (χ2v) is 7.56. The van der Waals surface area contributed by atoms with Gasteiger partial charge in [0.1, 0.15) is 18.2 Å². The van der Waals surface area contributed by atoms with Crippen LogP contribution in [0.2, 0.25) is 0 Å². The van der Waals surface area contributed by atoms with E-state index < -0.39 is 0 Å². The lowest BCUT2D eigenvalue weighted by atomic mass is 10.2. The van der Waals surface area contributed by atoms with E-state index in [1.807, 2.05) is 45.9 Å². The molecule has 0 unspecified atom stereocenters. The topological polar surface area (TPSA) is 41.4 Å². The molecule has 4 rings (SSSR count). The highest BCUT2D eigenvalue weighted by Gasteiger charge is 2.21. The van der Waals surface area contributed by atoms with Crippen LogP contribution in [0.15, 0.2) is 48.5 Å². The Kier molecular flexibility index (Phi) is 5.90. The van der Waals surface area contributed by atoms with Gasteiger partial charge in [0.2, 0.25) is 5.91 Å². The molecule has 2 aromatic carbocycles. The van der Waals surface area contributed by atoms with Crippen LogP contribution in [0.3, 0.4) is 0 Å². The van der Waals surface area contributed by atoms with Gasteiger partial charge in [-0.15, -0.1) is 0 Å². The van der Waals surface area contributed by atoms with Crippen LogP contribution in [0, 0.1) is 5.82 Å². The summed E-state index contributed by atoms with van der Waals surface area (Å²) in [6, 6.07) is 14.9. The lowest BCUT2D eigenvalue weighted by Gasteiger charge is -2.23. The number of hydrogen-bond donors (Lipinski definition) is 0. The van der Waals surface area contributed by atoms with Gasteiger partial charge in [-0.25, -0.2) is 9.37 Å². The van der Waals surface area contributed by atoms with Crippen LogP contribution in [0.25, 0.3) is 11.0 Å². The van der Waals surface area contributed by atoms with E-state index >= 15 is 0 Å². The highest BCUT2D eigenvalue weighted by molar-refractivity contribution is 5.81. The van der Waals surface area contributed by atoms with Gasteiger partial charge in [0, 0.05) is 44.7 Å². The Labute approximate surface area is 170 Å². The number of halogens is 1. The van der Waals surface area contributed by atoms with Crippen LogP contribution >= 0.6 is 0 Å². The average Bonchev–Trinajstić information content (AvgIpc) is 2.91. The van der Waals surface area contributed by atoms with Gasteiger partial charge in [0.25, 0.3) is 0 Å². The molecule has 1 aliphatic heterocycles. The third kappa shape index (κ3) is 4.32. The van der Waals surface area contributed by atoms with Crippen molar-refractivity contribution in [1.29, 1.82) is 0 Å². The summed E-state index contributed by atoms with van der Waals surface area (Å²) in [5.74, 6) is 0.898. The number of amides is 1. The maximum Gasteiger partial charge on any atom is 0.242 e. The van der Waals surface area contributed by atoms with Gasteiger partial charge in [0.05, 0.1) is 11.0 Å². The summed E-state index contributed by atoms with van der Waals surface area (Å²) in [5, 5.41) is 0. The lowest BCUT2D eigenvalue weighted by molar-refractivity contribution is -0.131. The molecule has 5 nitrogen and oxygen atoms in total. The molecule has 0 radical (unpaired) electrons. The molecule has 1 aromatic heterocycles. The van der Waals surface area contributed by atoms with Crippen molar-refractivity contribution in [1.82, 2.24) is 19.4 Å². The standard InChI is InChI=1S/C23H27FN4O/c1-2-22-25-20-10-5-6-11-21(20)28(22)17-23(29)27-13-7-12-26(14-15-27)16-18-8-3-4-9-19(18)24/h3-6,8-11H,2,7,12-17H2,1H3. The van der Waals surface area contributed by atoms with E-state index in [1.165, 1.54) is 6.07 Å². The Bertz CT molecular complexity index is 999. The van der Waals surface area contributed by atoms with E-state index in [0.29, 0.717) is 25.2 Å². The van der Waals surface area contributed by atoms with E-state index in [4.69, 9.17) is 0 Å². The van der Waals surface area contributed by atoms with E-state index in [2.05, 4.69) is 16.8 Å². The first-order chi connectivity index (χ1) is 14.2. The molecule has 1 saturated heterocycles. The second-order valence-electron chi connectivity index (χ2n) is 7.56. The van der Waals surface area contributed by atoms with Gasteiger partial charge in [-0.1, -0.05) is 37.3 Å². The molecular weight excluding hydrogens is 367 g/mol. The fraction of sp³-hybridized carbons (Fsp3) is 0.391. The van der Waals surface area contributed by atoms with Crippen LogP contribution in [-0.4, -0.2) is 51.4 Å². The average molecular weight is 394 g/mol. The van der Waals surface area contributed by atoms with E-state index in [-0.39, 0.29) is 11.7 Å². The molecule has 0 atom stereocenters. The van der Waals surface area contributed by atoms with Crippen LogP contribution in [0.1, 0.15) is 24.7 Å². The van der Waals surface area contributed by atoms with Crippen molar-refractivity contribution in [3.05, 3.63) is 65.7 Å². The molecule has 2 heterocycles. The number of fused-ring (bicyclic) bond motifs is 1. The predicted molar refractivity (Wildman–Crippen MR) is 112 cm³/mol.